The lowest BCUT2D eigenvalue weighted by molar-refractivity contribution is 0.330. The fourth-order valence-electron chi connectivity index (χ4n) is 3.15. The molecule has 0 aromatic heterocycles. The summed E-state index contributed by atoms with van der Waals surface area (Å²) in [5, 5.41) is 4.35. The van der Waals surface area contributed by atoms with Gasteiger partial charge in [-0.15, -0.1) is 0 Å². The molecule has 0 spiro atoms. The minimum atomic E-state index is -1.22. The van der Waals surface area contributed by atoms with Gasteiger partial charge in [-0.3, -0.25) is 0 Å². The lowest BCUT2D eigenvalue weighted by Gasteiger charge is -2.31. The van der Waals surface area contributed by atoms with Crippen molar-refractivity contribution in [3.8, 4) is 5.75 Å². The first-order chi connectivity index (χ1) is 12.7. The molecule has 0 bridgehead atoms. The van der Waals surface area contributed by atoms with Gasteiger partial charge in [0.1, 0.15) is 12.4 Å². The van der Waals surface area contributed by atoms with E-state index in [1.54, 1.807) is 12.1 Å². The van der Waals surface area contributed by atoms with Gasteiger partial charge in [0.2, 0.25) is 0 Å². The van der Waals surface area contributed by atoms with E-state index < -0.39 is 11.0 Å². The highest BCUT2D eigenvalue weighted by atomic mass is 35.5. The molecule has 27 heavy (non-hydrogen) atoms. The maximum atomic E-state index is 12.9. The third kappa shape index (κ3) is 6.47. The summed E-state index contributed by atoms with van der Waals surface area (Å²) >= 11 is 12.6. The van der Waals surface area contributed by atoms with E-state index in [0.717, 1.165) is 37.9 Å². The Hall–Kier alpha value is -0.590. The topological polar surface area (TPSA) is 50.4 Å². The molecule has 7 heteroatoms. The molecule has 2 rings (SSSR count). The van der Waals surface area contributed by atoms with Gasteiger partial charge in [-0.05, 0) is 65.1 Å². The first-order valence-electron chi connectivity index (χ1n) is 9.35. The van der Waals surface area contributed by atoms with E-state index in [1.165, 1.54) is 0 Å². The van der Waals surface area contributed by atoms with Gasteiger partial charge in [0.05, 0.1) is 31.8 Å². The molecule has 1 aliphatic heterocycles. The van der Waals surface area contributed by atoms with E-state index in [2.05, 4.69) is 16.6 Å². The Balaban J connectivity index is 2.46. The summed E-state index contributed by atoms with van der Waals surface area (Å²) < 4.78 is 21.8. The molecule has 1 saturated heterocycles. The molecule has 4 nitrogen and oxygen atoms in total. The molecule has 0 saturated carbocycles. The molecule has 3 atom stereocenters. The first-order valence-corrected chi connectivity index (χ1v) is 11.3. The van der Waals surface area contributed by atoms with Gasteiger partial charge < -0.3 is 10.1 Å². The van der Waals surface area contributed by atoms with Crippen LogP contribution in [0.2, 0.25) is 10.0 Å². The van der Waals surface area contributed by atoms with E-state index in [1.807, 2.05) is 26.8 Å². The largest absolute Gasteiger partial charge is 0.489 e. The Morgan fingerprint density at radius 1 is 1.33 bits per heavy atom. The fourth-order valence-corrected chi connectivity index (χ4v) is 4.38. The van der Waals surface area contributed by atoms with Crippen molar-refractivity contribution in [3.05, 3.63) is 40.4 Å². The second-order valence-electron chi connectivity index (χ2n) is 7.82. The van der Waals surface area contributed by atoms with Crippen molar-refractivity contribution in [2.24, 2.45) is 5.92 Å². The summed E-state index contributed by atoms with van der Waals surface area (Å²) in [4.78, 5) is 0. The molecule has 1 aromatic carbocycles. The highest BCUT2D eigenvalue weighted by Crippen LogP contribution is 2.40. The van der Waals surface area contributed by atoms with Gasteiger partial charge in [0.25, 0.3) is 0 Å². The summed E-state index contributed by atoms with van der Waals surface area (Å²) in [7, 11) is -1.22. The molecule has 152 valence electrons. The van der Waals surface area contributed by atoms with E-state index in [9.17, 15) is 4.21 Å². The van der Waals surface area contributed by atoms with Crippen molar-refractivity contribution >= 4 is 34.2 Å². The Morgan fingerprint density at radius 2 is 2.04 bits per heavy atom. The van der Waals surface area contributed by atoms with Gasteiger partial charge in [0.15, 0.2) is 0 Å². The van der Waals surface area contributed by atoms with Crippen molar-refractivity contribution in [1.82, 2.24) is 10.0 Å². The number of nitrogens with one attached hydrogen (secondary N) is 2. The van der Waals surface area contributed by atoms with Crippen LogP contribution in [0.5, 0.6) is 5.75 Å². The van der Waals surface area contributed by atoms with Crippen molar-refractivity contribution in [2.75, 3.05) is 19.7 Å². The summed E-state index contributed by atoms with van der Waals surface area (Å²) in [6, 6.07) is 3.45. The zero-order valence-electron chi connectivity index (χ0n) is 16.3. The number of benzene rings is 1. The van der Waals surface area contributed by atoms with Crippen LogP contribution in [-0.2, 0) is 11.0 Å². The summed E-state index contributed by atoms with van der Waals surface area (Å²) in [5.41, 5.74) is 0.899. The number of rotatable bonds is 7. The first kappa shape index (κ1) is 22.7. The summed E-state index contributed by atoms with van der Waals surface area (Å²) in [6.07, 6.45) is 4.79. The predicted octanol–water partition coefficient (Wildman–Crippen LogP) is 5.04. The van der Waals surface area contributed by atoms with Crippen LogP contribution in [-0.4, -0.2) is 28.7 Å². The monoisotopic (exact) mass is 432 g/mol. The van der Waals surface area contributed by atoms with Gasteiger partial charge in [-0.25, -0.2) is 8.93 Å². The van der Waals surface area contributed by atoms with Crippen LogP contribution in [0.25, 0.3) is 0 Å². The molecule has 1 fully saturated rings. The maximum absolute atomic E-state index is 12.9. The van der Waals surface area contributed by atoms with E-state index >= 15 is 0 Å². The van der Waals surface area contributed by atoms with Crippen molar-refractivity contribution in [2.45, 2.75) is 50.8 Å². The highest BCUT2D eigenvalue weighted by Gasteiger charge is 2.31. The maximum Gasteiger partial charge on any atom is 0.126 e. The lowest BCUT2D eigenvalue weighted by Crippen LogP contribution is -2.39. The smallest absolute Gasteiger partial charge is 0.126 e. The molecule has 0 amide bonds. The molecular weight excluding hydrogens is 403 g/mol. The quantitative estimate of drug-likeness (QED) is 0.593. The SMILES string of the molecule is C=CCOc1cc(Cl)c(Cl)cc1C(NS(=O)C(C)(C)C)[C@@H]1CCCNCC1. The molecule has 0 radical (unpaired) electrons. The average Bonchev–Trinajstić information content (AvgIpc) is 2.88. The van der Waals surface area contributed by atoms with Crippen LogP contribution in [0.15, 0.2) is 24.8 Å². The molecule has 1 heterocycles. The molecule has 0 aliphatic carbocycles. The third-order valence-corrected chi connectivity index (χ3v) is 6.93. The van der Waals surface area contributed by atoms with Gasteiger partial charge in [-0.1, -0.05) is 35.9 Å². The van der Waals surface area contributed by atoms with Crippen molar-refractivity contribution < 1.29 is 8.95 Å². The number of halogens is 2. The average molecular weight is 433 g/mol. The van der Waals surface area contributed by atoms with Gasteiger partial charge in [-0.2, -0.15) is 0 Å². The Labute approximate surface area is 175 Å². The standard InChI is InChI=1S/C20H30Cl2N2O2S/c1-5-11-26-18-13-17(22)16(21)12-15(18)19(24-27(25)20(2,3)4)14-7-6-9-23-10-8-14/h5,12-14,19,23-24H,1,6-11H2,2-4H3/t14-,19?,27?/m1/s1. The van der Waals surface area contributed by atoms with Crippen molar-refractivity contribution in [1.29, 1.82) is 0 Å². The van der Waals surface area contributed by atoms with Crippen LogP contribution in [0, 0.1) is 5.92 Å². The van der Waals surface area contributed by atoms with Crippen LogP contribution in [0.1, 0.15) is 51.6 Å². The van der Waals surface area contributed by atoms with Gasteiger partial charge in [0, 0.05) is 11.6 Å². The molecule has 1 aromatic rings. The number of hydrogen-bond donors (Lipinski definition) is 2. The molecule has 2 N–H and O–H groups in total. The highest BCUT2D eigenvalue weighted by molar-refractivity contribution is 7.84. The fraction of sp³-hybridized carbons (Fsp3) is 0.600. The van der Waals surface area contributed by atoms with Gasteiger partial charge >= 0.3 is 0 Å². The van der Waals surface area contributed by atoms with Crippen LogP contribution in [0.4, 0.5) is 0 Å². The van der Waals surface area contributed by atoms with Crippen LogP contribution >= 0.6 is 23.2 Å². The zero-order valence-corrected chi connectivity index (χ0v) is 18.6. The second kappa shape index (κ2) is 10.3. The Bertz CT molecular complexity index is 669. The Morgan fingerprint density at radius 3 is 2.70 bits per heavy atom. The third-order valence-electron chi connectivity index (χ3n) is 4.63. The zero-order chi connectivity index (χ0) is 20.0. The number of ether oxygens (including phenoxy) is 1. The number of hydrogen-bond acceptors (Lipinski definition) is 3. The molecular formula is C20H30Cl2N2O2S. The summed E-state index contributed by atoms with van der Waals surface area (Å²) in [6.45, 7) is 11.9. The molecule has 1 aliphatic rings. The molecule has 2 unspecified atom stereocenters. The minimum absolute atomic E-state index is 0.139. The lowest BCUT2D eigenvalue weighted by atomic mass is 9.87. The van der Waals surface area contributed by atoms with E-state index in [0.29, 0.717) is 28.3 Å². The van der Waals surface area contributed by atoms with E-state index in [-0.39, 0.29) is 10.8 Å². The predicted molar refractivity (Wildman–Crippen MR) is 116 cm³/mol. The van der Waals surface area contributed by atoms with Crippen LogP contribution in [0.3, 0.4) is 0 Å². The van der Waals surface area contributed by atoms with E-state index in [4.69, 9.17) is 27.9 Å². The van der Waals surface area contributed by atoms with Crippen molar-refractivity contribution in [3.63, 3.8) is 0 Å². The van der Waals surface area contributed by atoms with Crippen LogP contribution < -0.4 is 14.8 Å². The normalized spacial score (nSPS) is 20.6. The Kier molecular flexibility index (Phi) is 8.63. The minimum Gasteiger partial charge on any atom is -0.489 e. The second-order valence-corrected chi connectivity index (χ2v) is 10.6. The summed E-state index contributed by atoms with van der Waals surface area (Å²) in [5.74, 6) is 0.972.